The number of fused-ring (bicyclic) bond motifs is 1. The number of likely N-dealkylation sites (tertiary alicyclic amines) is 1. The molecule has 4 rings (SSSR count). The second-order valence-corrected chi connectivity index (χ2v) is 7.17. The van der Waals surface area contributed by atoms with E-state index in [-0.39, 0.29) is 5.91 Å². The van der Waals surface area contributed by atoms with E-state index in [1.54, 1.807) is 13.4 Å². The lowest BCUT2D eigenvalue weighted by Crippen LogP contribution is -2.36. The van der Waals surface area contributed by atoms with Gasteiger partial charge in [-0.1, -0.05) is 30.7 Å². The van der Waals surface area contributed by atoms with Crippen molar-refractivity contribution in [3.8, 4) is 5.75 Å². The van der Waals surface area contributed by atoms with Crippen LogP contribution in [0.2, 0.25) is 0 Å². The summed E-state index contributed by atoms with van der Waals surface area (Å²) < 4.78 is 7.21. The fraction of sp³-hybridized carbons (Fsp3) is 0.364. The molecule has 0 radical (unpaired) electrons. The van der Waals surface area contributed by atoms with E-state index in [2.05, 4.69) is 17.1 Å². The van der Waals surface area contributed by atoms with Crippen LogP contribution in [0, 0.1) is 0 Å². The van der Waals surface area contributed by atoms with Gasteiger partial charge >= 0.3 is 0 Å². The summed E-state index contributed by atoms with van der Waals surface area (Å²) in [5, 5.41) is 0. The Bertz CT molecular complexity index is 917. The molecular formula is C22H25N3O2. The molecule has 2 heterocycles. The van der Waals surface area contributed by atoms with Crippen molar-refractivity contribution in [3.63, 3.8) is 0 Å². The number of hydrogen-bond donors (Lipinski definition) is 0. The molecule has 27 heavy (non-hydrogen) atoms. The minimum atomic E-state index is 0.165. The molecule has 1 unspecified atom stereocenters. The molecule has 2 aromatic carbocycles. The highest BCUT2D eigenvalue weighted by atomic mass is 16.5. The second-order valence-electron chi connectivity index (χ2n) is 7.17. The third kappa shape index (κ3) is 3.82. The van der Waals surface area contributed by atoms with Gasteiger partial charge in [-0.3, -0.25) is 4.79 Å². The summed E-state index contributed by atoms with van der Waals surface area (Å²) in [6.07, 6.45) is 5.09. The second kappa shape index (κ2) is 7.82. The minimum absolute atomic E-state index is 0.165. The molecule has 0 saturated carbocycles. The van der Waals surface area contributed by atoms with Crippen LogP contribution in [0.25, 0.3) is 11.0 Å². The molecule has 0 N–H and O–H groups in total. The minimum Gasteiger partial charge on any atom is -0.497 e. The largest absolute Gasteiger partial charge is 0.497 e. The number of rotatable bonds is 4. The summed E-state index contributed by atoms with van der Waals surface area (Å²) in [7, 11) is 1.68. The molecule has 0 aliphatic carbocycles. The lowest BCUT2D eigenvalue weighted by Gasteiger charge is -2.25. The quantitative estimate of drug-likeness (QED) is 0.707. The van der Waals surface area contributed by atoms with Gasteiger partial charge in [-0.15, -0.1) is 0 Å². The standard InChI is InChI=1S/C22H25N3O2/c1-27-19-11-9-17(10-12-19)18-6-4-5-13-24(14-18)22(26)15-25-16-23-20-7-2-3-8-21(20)25/h2-3,7-12,16,18H,4-6,13-15H2,1H3. The number of benzene rings is 2. The van der Waals surface area contributed by atoms with Crippen LogP contribution in [0.1, 0.15) is 30.7 Å². The van der Waals surface area contributed by atoms with Crippen LogP contribution in [0.15, 0.2) is 54.9 Å². The van der Waals surface area contributed by atoms with E-state index in [0.29, 0.717) is 12.5 Å². The molecule has 140 valence electrons. The van der Waals surface area contributed by atoms with Crippen molar-refractivity contribution in [1.29, 1.82) is 0 Å². The third-order valence-corrected chi connectivity index (χ3v) is 5.44. The topological polar surface area (TPSA) is 47.4 Å². The Morgan fingerprint density at radius 2 is 1.96 bits per heavy atom. The maximum Gasteiger partial charge on any atom is 0.242 e. The van der Waals surface area contributed by atoms with Gasteiger partial charge < -0.3 is 14.2 Å². The van der Waals surface area contributed by atoms with Gasteiger partial charge in [-0.2, -0.15) is 0 Å². The first kappa shape index (κ1) is 17.6. The number of carbonyl (C=O) groups is 1. The zero-order valence-corrected chi connectivity index (χ0v) is 15.7. The van der Waals surface area contributed by atoms with Crippen molar-refractivity contribution in [3.05, 3.63) is 60.4 Å². The number of imidazole rings is 1. The van der Waals surface area contributed by atoms with Crippen molar-refractivity contribution in [2.75, 3.05) is 20.2 Å². The molecule has 1 atom stereocenters. The zero-order valence-electron chi connectivity index (χ0n) is 15.7. The third-order valence-electron chi connectivity index (χ3n) is 5.44. The Labute approximate surface area is 159 Å². The number of methoxy groups -OCH3 is 1. The Kier molecular flexibility index (Phi) is 5.10. The summed E-state index contributed by atoms with van der Waals surface area (Å²) in [5.41, 5.74) is 3.22. The molecule has 5 heteroatoms. The van der Waals surface area contributed by atoms with E-state index in [1.165, 1.54) is 5.56 Å². The first-order valence-corrected chi connectivity index (χ1v) is 9.56. The van der Waals surface area contributed by atoms with Crippen LogP contribution >= 0.6 is 0 Å². The van der Waals surface area contributed by atoms with E-state index in [9.17, 15) is 4.79 Å². The predicted octanol–water partition coefficient (Wildman–Crippen LogP) is 3.84. The molecule has 3 aromatic rings. The molecule has 1 fully saturated rings. The fourth-order valence-electron chi connectivity index (χ4n) is 3.90. The fourth-order valence-corrected chi connectivity index (χ4v) is 3.90. The molecule has 1 aromatic heterocycles. The smallest absolute Gasteiger partial charge is 0.242 e. The summed E-state index contributed by atoms with van der Waals surface area (Å²) in [4.78, 5) is 19.4. The van der Waals surface area contributed by atoms with Crippen molar-refractivity contribution in [2.24, 2.45) is 0 Å². The van der Waals surface area contributed by atoms with Gasteiger partial charge in [0.05, 0.1) is 24.5 Å². The van der Waals surface area contributed by atoms with Gasteiger partial charge in [0.1, 0.15) is 12.3 Å². The maximum absolute atomic E-state index is 13.0. The Hall–Kier alpha value is -2.82. The van der Waals surface area contributed by atoms with Gasteiger partial charge in [0.15, 0.2) is 0 Å². The summed E-state index contributed by atoms with van der Waals surface area (Å²) in [6, 6.07) is 16.2. The van der Waals surface area contributed by atoms with Crippen LogP contribution in [-0.4, -0.2) is 40.6 Å². The summed E-state index contributed by atoms with van der Waals surface area (Å²) in [5.74, 6) is 1.41. The SMILES string of the molecule is COc1ccc(C2CCCCN(C(=O)Cn3cnc4ccccc43)C2)cc1. The van der Waals surface area contributed by atoms with Crippen LogP contribution in [-0.2, 0) is 11.3 Å². The number of aromatic nitrogens is 2. The highest BCUT2D eigenvalue weighted by Gasteiger charge is 2.23. The lowest BCUT2D eigenvalue weighted by molar-refractivity contribution is -0.131. The molecule has 1 aliphatic rings. The molecule has 0 bridgehead atoms. The van der Waals surface area contributed by atoms with Gasteiger partial charge in [0, 0.05) is 19.0 Å². The van der Waals surface area contributed by atoms with Crippen molar-refractivity contribution < 1.29 is 9.53 Å². The van der Waals surface area contributed by atoms with Crippen LogP contribution in [0.5, 0.6) is 5.75 Å². The molecule has 1 saturated heterocycles. The van der Waals surface area contributed by atoms with Gasteiger partial charge in [-0.05, 0) is 42.7 Å². The van der Waals surface area contributed by atoms with Crippen LogP contribution in [0.4, 0.5) is 0 Å². The normalized spacial score (nSPS) is 17.7. The van der Waals surface area contributed by atoms with Gasteiger partial charge in [-0.25, -0.2) is 4.98 Å². The summed E-state index contributed by atoms with van der Waals surface area (Å²) in [6.45, 7) is 1.95. The van der Waals surface area contributed by atoms with Gasteiger partial charge in [0.2, 0.25) is 5.91 Å². The van der Waals surface area contributed by atoms with E-state index in [4.69, 9.17) is 4.74 Å². The Morgan fingerprint density at radius 1 is 1.15 bits per heavy atom. The average molecular weight is 363 g/mol. The number of carbonyl (C=O) groups excluding carboxylic acids is 1. The molecule has 0 spiro atoms. The van der Waals surface area contributed by atoms with Crippen LogP contribution < -0.4 is 4.74 Å². The van der Waals surface area contributed by atoms with Crippen molar-refractivity contribution in [1.82, 2.24) is 14.5 Å². The first-order valence-electron chi connectivity index (χ1n) is 9.56. The van der Waals surface area contributed by atoms with Crippen LogP contribution in [0.3, 0.4) is 0 Å². The monoisotopic (exact) mass is 363 g/mol. The van der Waals surface area contributed by atoms with E-state index >= 15 is 0 Å². The first-order chi connectivity index (χ1) is 13.2. The molecule has 1 amide bonds. The number of nitrogens with zero attached hydrogens (tertiary/aromatic N) is 3. The lowest BCUT2D eigenvalue weighted by atomic mass is 9.94. The van der Waals surface area contributed by atoms with Crippen molar-refractivity contribution in [2.45, 2.75) is 31.7 Å². The van der Waals surface area contributed by atoms with E-state index in [1.807, 2.05) is 45.9 Å². The van der Waals surface area contributed by atoms with Gasteiger partial charge in [0.25, 0.3) is 0 Å². The predicted molar refractivity (Wildman–Crippen MR) is 106 cm³/mol. The maximum atomic E-state index is 13.0. The van der Waals surface area contributed by atoms with E-state index in [0.717, 1.165) is 49.1 Å². The highest BCUT2D eigenvalue weighted by Crippen LogP contribution is 2.28. The molecule has 5 nitrogen and oxygen atoms in total. The number of para-hydroxylation sites is 2. The Balaban J connectivity index is 1.48. The molecular weight excluding hydrogens is 338 g/mol. The zero-order chi connectivity index (χ0) is 18.6. The number of hydrogen-bond acceptors (Lipinski definition) is 3. The van der Waals surface area contributed by atoms with E-state index < -0.39 is 0 Å². The highest BCUT2D eigenvalue weighted by molar-refractivity contribution is 5.80. The number of amides is 1. The summed E-state index contributed by atoms with van der Waals surface area (Å²) >= 11 is 0. The molecule has 1 aliphatic heterocycles. The average Bonchev–Trinajstić information content (AvgIpc) is 2.95. The number of ether oxygens (including phenoxy) is 1. The van der Waals surface area contributed by atoms with Crippen molar-refractivity contribution >= 4 is 16.9 Å². The Morgan fingerprint density at radius 3 is 2.78 bits per heavy atom.